The minimum atomic E-state index is -0.293. The van der Waals surface area contributed by atoms with Crippen LogP contribution < -0.4 is 0 Å². The van der Waals surface area contributed by atoms with Crippen LogP contribution in [-0.2, 0) is 0 Å². The molecular formula is C13H20O. The number of allylic oxidation sites excluding steroid dienone is 1. The summed E-state index contributed by atoms with van der Waals surface area (Å²) in [5, 5.41) is 10.4. The second kappa shape index (κ2) is 2.44. The maximum atomic E-state index is 10.4. The van der Waals surface area contributed by atoms with E-state index in [1.54, 1.807) is 0 Å². The number of aliphatic hydroxyl groups is 1. The molecule has 1 N–H and O–H groups in total. The molecule has 14 heavy (non-hydrogen) atoms. The fourth-order valence-corrected chi connectivity index (χ4v) is 4.55. The normalized spacial score (nSPS) is 60.3. The van der Waals surface area contributed by atoms with E-state index in [4.69, 9.17) is 0 Å². The lowest BCUT2D eigenvalue weighted by atomic mass is 9.44. The SMILES string of the molecule is C=CC1(C)C2CC3C[C@@H]1CC(O)(C3)C2. The highest BCUT2D eigenvalue weighted by molar-refractivity contribution is 5.14. The van der Waals surface area contributed by atoms with E-state index in [0.29, 0.717) is 17.3 Å². The first-order chi connectivity index (χ1) is 6.56. The molecular weight excluding hydrogens is 172 g/mol. The van der Waals surface area contributed by atoms with Crippen LogP contribution in [0.2, 0.25) is 0 Å². The van der Waals surface area contributed by atoms with Gasteiger partial charge in [-0.1, -0.05) is 13.0 Å². The monoisotopic (exact) mass is 192 g/mol. The Morgan fingerprint density at radius 2 is 1.79 bits per heavy atom. The van der Waals surface area contributed by atoms with Crippen molar-refractivity contribution in [2.45, 2.75) is 44.6 Å². The molecule has 4 aliphatic carbocycles. The van der Waals surface area contributed by atoms with Gasteiger partial charge in [-0.3, -0.25) is 0 Å². The van der Waals surface area contributed by atoms with Crippen LogP contribution in [0.5, 0.6) is 0 Å². The summed E-state index contributed by atoms with van der Waals surface area (Å²) in [6.07, 6.45) is 7.98. The standard InChI is InChI=1S/C13H20O/c1-3-12(2)10-4-9-5-11(12)8-13(14,6-9)7-10/h3,9-11,14H,1,4-8H2,2H3/t9?,10-,11?,12?,13?/m1/s1. The van der Waals surface area contributed by atoms with Crippen molar-refractivity contribution in [3.05, 3.63) is 12.7 Å². The maximum Gasteiger partial charge on any atom is 0.0656 e. The lowest BCUT2D eigenvalue weighted by Crippen LogP contribution is -2.58. The first kappa shape index (κ1) is 8.96. The van der Waals surface area contributed by atoms with Gasteiger partial charge >= 0.3 is 0 Å². The summed E-state index contributed by atoms with van der Waals surface area (Å²) < 4.78 is 0. The Morgan fingerprint density at radius 1 is 1.21 bits per heavy atom. The average Bonchev–Trinajstić information content (AvgIpc) is 2.11. The Kier molecular flexibility index (Phi) is 1.56. The molecule has 4 aliphatic rings. The van der Waals surface area contributed by atoms with Gasteiger partial charge in [0.05, 0.1) is 5.60 Å². The summed E-state index contributed by atoms with van der Waals surface area (Å²) >= 11 is 0. The van der Waals surface area contributed by atoms with Crippen LogP contribution >= 0.6 is 0 Å². The topological polar surface area (TPSA) is 20.2 Å². The molecule has 0 heterocycles. The van der Waals surface area contributed by atoms with Crippen LogP contribution in [-0.4, -0.2) is 10.7 Å². The van der Waals surface area contributed by atoms with E-state index in [-0.39, 0.29) is 5.60 Å². The van der Waals surface area contributed by atoms with E-state index < -0.39 is 0 Å². The molecule has 0 saturated heterocycles. The highest BCUT2D eigenvalue weighted by atomic mass is 16.3. The third kappa shape index (κ3) is 0.942. The lowest BCUT2D eigenvalue weighted by Gasteiger charge is -2.62. The van der Waals surface area contributed by atoms with E-state index >= 15 is 0 Å². The van der Waals surface area contributed by atoms with Crippen molar-refractivity contribution in [2.24, 2.45) is 23.2 Å². The second-order valence-electron chi connectivity index (χ2n) is 6.14. The van der Waals surface area contributed by atoms with E-state index in [9.17, 15) is 5.11 Å². The number of rotatable bonds is 1. The Morgan fingerprint density at radius 3 is 2.21 bits per heavy atom. The molecule has 1 nitrogen and oxygen atoms in total. The summed E-state index contributed by atoms with van der Waals surface area (Å²) in [6, 6.07) is 0. The second-order valence-corrected chi connectivity index (χ2v) is 6.14. The van der Waals surface area contributed by atoms with Crippen molar-refractivity contribution in [3.8, 4) is 0 Å². The summed E-state index contributed by atoms with van der Waals surface area (Å²) in [5.74, 6) is 2.22. The van der Waals surface area contributed by atoms with Gasteiger partial charge in [-0.2, -0.15) is 0 Å². The van der Waals surface area contributed by atoms with Gasteiger partial charge in [0.1, 0.15) is 0 Å². The summed E-state index contributed by atoms with van der Waals surface area (Å²) in [7, 11) is 0. The Balaban J connectivity index is 2.00. The molecule has 1 heteroatoms. The minimum Gasteiger partial charge on any atom is -0.390 e. The van der Waals surface area contributed by atoms with Gasteiger partial charge in [-0.25, -0.2) is 0 Å². The Bertz CT molecular complexity index is 265. The van der Waals surface area contributed by atoms with E-state index in [2.05, 4.69) is 19.6 Å². The van der Waals surface area contributed by atoms with Gasteiger partial charge in [-0.15, -0.1) is 6.58 Å². The highest BCUT2D eigenvalue weighted by Crippen LogP contribution is 2.63. The zero-order chi connectivity index (χ0) is 9.97. The predicted octanol–water partition coefficient (Wildman–Crippen LogP) is 2.75. The fraction of sp³-hybridized carbons (Fsp3) is 0.846. The van der Waals surface area contributed by atoms with Gasteiger partial charge in [0, 0.05) is 0 Å². The molecule has 0 spiro atoms. The van der Waals surface area contributed by atoms with Crippen LogP contribution in [0, 0.1) is 23.2 Å². The van der Waals surface area contributed by atoms with Crippen molar-refractivity contribution < 1.29 is 5.11 Å². The molecule has 4 fully saturated rings. The van der Waals surface area contributed by atoms with Crippen LogP contribution in [0.3, 0.4) is 0 Å². The van der Waals surface area contributed by atoms with Crippen molar-refractivity contribution in [2.75, 3.05) is 0 Å². The van der Waals surface area contributed by atoms with E-state index in [0.717, 1.165) is 25.2 Å². The van der Waals surface area contributed by atoms with Gasteiger partial charge in [0.25, 0.3) is 0 Å². The minimum absolute atomic E-state index is 0.293. The van der Waals surface area contributed by atoms with Gasteiger partial charge < -0.3 is 5.11 Å². The van der Waals surface area contributed by atoms with Crippen molar-refractivity contribution in [1.82, 2.24) is 0 Å². The largest absolute Gasteiger partial charge is 0.390 e. The predicted molar refractivity (Wildman–Crippen MR) is 56.8 cm³/mol. The molecule has 5 atom stereocenters. The molecule has 78 valence electrons. The molecule has 4 saturated carbocycles. The Labute approximate surface area is 86.2 Å². The quantitative estimate of drug-likeness (QED) is 0.633. The van der Waals surface area contributed by atoms with Crippen molar-refractivity contribution in [1.29, 1.82) is 0 Å². The van der Waals surface area contributed by atoms with Crippen LogP contribution in [0.4, 0.5) is 0 Å². The number of hydrogen-bond acceptors (Lipinski definition) is 1. The van der Waals surface area contributed by atoms with Crippen molar-refractivity contribution >= 4 is 0 Å². The summed E-state index contributed by atoms with van der Waals surface area (Å²) in [6.45, 7) is 6.38. The molecule has 0 aromatic heterocycles. The molecule has 4 rings (SSSR count). The maximum absolute atomic E-state index is 10.4. The average molecular weight is 192 g/mol. The molecule has 4 bridgehead atoms. The first-order valence-electron chi connectivity index (χ1n) is 5.92. The molecule has 0 aliphatic heterocycles. The van der Waals surface area contributed by atoms with E-state index in [1.807, 2.05) is 0 Å². The zero-order valence-electron chi connectivity index (χ0n) is 9.00. The van der Waals surface area contributed by atoms with Gasteiger partial charge in [-0.05, 0) is 55.3 Å². The zero-order valence-corrected chi connectivity index (χ0v) is 9.00. The van der Waals surface area contributed by atoms with Gasteiger partial charge in [0.2, 0.25) is 0 Å². The first-order valence-corrected chi connectivity index (χ1v) is 5.92. The van der Waals surface area contributed by atoms with Crippen molar-refractivity contribution in [3.63, 3.8) is 0 Å². The molecule has 4 unspecified atom stereocenters. The molecule has 0 radical (unpaired) electrons. The summed E-state index contributed by atoms with van der Waals surface area (Å²) in [5.41, 5.74) is 0.0299. The molecule has 0 aromatic carbocycles. The fourth-order valence-electron chi connectivity index (χ4n) is 4.55. The lowest BCUT2D eigenvalue weighted by molar-refractivity contribution is -0.170. The Hall–Kier alpha value is -0.300. The highest BCUT2D eigenvalue weighted by Gasteiger charge is 2.58. The van der Waals surface area contributed by atoms with Crippen LogP contribution in [0.25, 0.3) is 0 Å². The summed E-state index contributed by atoms with van der Waals surface area (Å²) in [4.78, 5) is 0. The van der Waals surface area contributed by atoms with E-state index in [1.165, 1.54) is 12.8 Å². The third-order valence-electron chi connectivity index (χ3n) is 5.36. The molecule has 0 aromatic rings. The number of hydrogen-bond donors (Lipinski definition) is 1. The van der Waals surface area contributed by atoms with Crippen LogP contribution in [0.1, 0.15) is 39.0 Å². The van der Waals surface area contributed by atoms with Crippen LogP contribution in [0.15, 0.2) is 12.7 Å². The molecule has 0 amide bonds. The smallest absolute Gasteiger partial charge is 0.0656 e. The van der Waals surface area contributed by atoms with Gasteiger partial charge in [0.15, 0.2) is 0 Å². The third-order valence-corrected chi connectivity index (χ3v) is 5.36.